The van der Waals surface area contributed by atoms with Gasteiger partial charge in [0.25, 0.3) is 0 Å². The van der Waals surface area contributed by atoms with Gasteiger partial charge in [-0.1, -0.05) is 0 Å². The van der Waals surface area contributed by atoms with Gasteiger partial charge in [-0.2, -0.15) is 4.42 Å². The van der Waals surface area contributed by atoms with Gasteiger partial charge >= 0.3 is 0 Å². The molecule has 0 saturated carbocycles. The van der Waals surface area contributed by atoms with Gasteiger partial charge in [0.15, 0.2) is 0 Å². The molecular formula is C6H14ClN3. The van der Waals surface area contributed by atoms with Crippen molar-refractivity contribution in [3.8, 4) is 0 Å². The molecule has 0 aliphatic carbocycles. The standard InChI is InChI=1S/C6H14ClN3/c1-4-8-5(2)10(7)6(3)9-4/h4-6,8-9H,1-3H3. The number of hydrogen-bond acceptors (Lipinski definition) is 3. The summed E-state index contributed by atoms with van der Waals surface area (Å²) >= 11 is 5.89. The molecule has 0 spiro atoms. The monoisotopic (exact) mass is 163 g/mol. The predicted molar refractivity (Wildman–Crippen MR) is 42.3 cm³/mol. The molecule has 4 heteroatoms. The molecular weight excluding hydrogens is 150 g/mol. The van der Waals surface area contributed by atoms with Crippen molar-refractivity contribution in [2.24, 2.45) is 0 Å². The zero-order valence-corrected chi connectivity index (χ0v) is 7.31. The van der Waals surface area contributed by atoms with Crippen LogP contribution in [0.3, 0.4) is 0 Å². The van der Waals surface area contributed by atoms with E-state index in [0.717, 1.165) is 0 Å². The van der Waals surface area contributed by atoms with Crippen molar-refractivity contribution in [1.29, 1.82) is 0 Å². The molecule has 1 aliphatic heterocycles. The highest BCUT2D eigenvalue weighted by Gasteiger charge is 2.25. The van der Waals surface area contributed by atoms with Gasteiger partial charge in [0.2, 0.25) is 0 Å². The fourth-order valence-corrected chi connectivity index (χ4v) is 1.36. The molecule has 60 valence electrons. The first-order valence-electron chi connectivity index (χ1n) is 3.57. The Kier molecular flexibility index (Phi) is 2.52. The van der Waals surface area contributed by atoms with Crippen LogP contribution in [0.4, 0.5) is 0 Å². The van der Waals surface area contributed by atoms with Crippen molar-refractivity contribution in [2.75, 3.05) is 0 Å². The Bertz CT molecular complexity index is 108. The SMILES string of the molecule is CC1NC(C)N(Cl)C(C)N1. The first kappa shape index (κ1) is 8.27. The minimum Gasteiger partial charge on any atom is -0.286 e. The van der Waals surface area contributed by atoms with Crippen molar-refractivity contribution in [2.45, 2.75) is 39.3 Å². The van der Waals surface area contributed by atoms with Crippen molar-refractivity contribution in [3.63, 3.8) is 0 Å². The summed E-state index contributed by atoms with van der Waals surface area (Å²) in [6.07, 6.45) is 0.834. The van der Waals surface area contributed by atoms with E-state index in [0.29, 0.717) is 6.17 Å². The lowest BCUT2D eigenvalue weighted by atomic mass is 10.3. The van der Waals surface area contributed by atoms with Crippen LogP contribution < -0.4 is 10.6 Å². The highest BCUT2D eigenvalue weighted by molar-refractivity contribution is 6.13. The van der Waals surface area contributed by atoms with Crippen LogP contribution in [-0.2, 0) is 0 Å². The van der Waals surface area contributed by atoms with Gasteiger partial charge in [-0.25, -0.2) is 0 Å². The second kappa shape index (κ2) is 3.05. The van der Waals surface area contributed by atoms with E-state index < -0.39 is 0 Å². The molecule has 0 aromatic heterocycles. The third-order valence-electron chi connectivity index (χ3n) is 1.72. The molecule has 2 atom stereocenters. The van der Waals surface area contributed by atoms with Gasteiger partial charge < -0.3 is 0 Å². The minimum atomic E-state index is 0.243. The third-order valence-corrected chi connectivity index (χ3v) is 2.31. The lowest BCUT2D eigenvalue weighted by Gasteiger charge is -2.38. The van der Waals surface area contributed by atoms with Crippen LogP contribution in [0, 0.1) is 0 Å². The molecule has 1 aliphatic rings. The van der Waals surface area contributed by atoms with Crippen molar-refractivity contribution >= 4 is 11.8 Å². The van der Waals surface area contributed by atoms with E-state index in [9.17, 15) is 0 Å². The van der Waals surface area contributed by atoms with Gasteiger partial charge in [-0.15, -0.1) is 0 Å². The topological polar surface area (TPSA) is 27.3 Å². The van der Waals surface area contributed by atoms with Crippen LogP contribution in [0.5, 0.6) is 0 Å². The molecule has 0 aromatic rings. The van der Waals surface area contributed by atoms with Crippen LogP contribution in [0.15, 0.2) is 0 Å². The Labute approximate surface area is 66.8 Å². The highest BCUT2D eigenvalue weighted by Crippen LogP contribution is 2.09. The van der Waals surface area contributed by atoms with E-state index in [4.69, 9.17) is 11.8 Å². The molecule has 1 rings (SSSR count). The smallest absolute Gasteiger partial charge is 0.0743 e. The van der Waals surface area contributed by atoms with E-state index in [2.05, 4.69) is 17.6 Å². The number of halogens is 1. The van der Waals surface area contributed by atoms with Crippen molar-refractivity contribution < 1.29 is 0 Å². The van der Waals surface area contributed by atoms with Crippen LogP contribution in [0.1, 0.15) is 20.8 Å². The second-order valence-corrected chi connectivity index (χ2v) is 3.14. The summed E-state index contributed by atoms with van der Waals surface area (Å²) in [6.45, 7) is 6.17. The van der Waals surface area contributed by atoms with E-state index in [1.54, 1.807) is 4.42 Å². The first-order chi connectivity index (χ1) is 4.61. The fraction of sp³-hybridized carbons (Fsp3) is 1.00. The lowest BCUT2D eigenvalue weighted by Crippen LogP contribution is -2.62. The molecule has 1 saturated heterocycles. The van der Waals surface area contributed by atoms with Crippen LogP contribution in [-0.4, -0.2) is 22.9 Å². The molecule has 0 aromatic carbocycles. The molecule has 2 N–H and O–H groups in total. The van der Waals surface area contributed by atoms with E-state index in [1.807, 2.05) is 13.8 Å². The molecule has 1 heterocycles. The summed E-state index contributed by atoms with van der Waals surface area (Å²) in [5.41, 5.74) is 0. The first-order valence-corrected chi connectivity index (χ1v) is 3.91. The largest absolute Gasteiger partial charge is 0.286 e. The molecule has 0 radical (unpaired) electrons. The third kappa shape index (κ3) is 1.61. The highest BCUT2D eigenvalue weighted by atomic mass is 35.5. The number of hydrogen-bond donors (Lipinski definition) is 2. The molecule has 0 amide bonds. The second-order valence-electron chi connectivity index (χ2n) is 2.75. The van der Waals surface area contributed by atoms with Gasteiger partial charge in [-0.05, 0) is 32.5 Å². The van der Waals surface area contributed by atoms with Gasteiger partial charge in [0.1, 0.15) is 0 Å². The summed E-state index contributed by atoms with van der Waals surface area (Å²) in [5.74, 6) is 0. The average molecular weight is 164 g/mol. The number of rotatable bonds is 0. The van der Waals surface area contributed by atoms with E-state index >= 15 is 0 Å². The fourth-order valence-electron chi connectivity index (χ4n) is 1.25. The Balaban J connectivity index is 2.49. The molecule has 2 unspecified atom stereocenters. The molecule has 10 heavy (non-hydrogen) atoms. The number of nitrogens with one attached hydrogen (secondary N) is 2. The Morgan fingerprint density at radius 3 is 1.90 bits per heavy atom. The summed E-state index contributed by atoms with van der Waals surface area (Å²) in [5, 5.41) is 6.48. The summed E-state index contributed by atoms with van der Waals surface area (Å²) < 4.78 is 1.74. The lowest BCUT2D eigenvalue weighted by molar-refractivity contribution is 0.128. The summed E-state index contributed by atoms with van der Waals surface area (Å²) in [6, 6.07) is 0. The summed E-state index contributed by atoms with van der Waals surface area (Å²) in [4.78, 5) is 0. The number of nitrogens with zero attached hydrogens (tertiary/aromatic N) is 1. The van der Waals surface area contributed by atoms with Crippen LogP contribution in [0.2, 0.25) is 0 Å². The Hall–Kier alpha value is 0.170. The maximum absolute atomic E-state index is 5.89. The maximum Gasteiger partial charge on any atom is 0.0743 e. The zero-order valence-electron chi connectivity index (χ0n) is 6.56. The maximum atomic E-state index is 5.89. The van der Waals surface area contributed by atoms with Gasteiger partial charge in [-0.3, -0.25) is 10.6 Å². The predicted octanol–water partition coefficient (Wildman–Crippen LogP) is 0.673. The van der Waals surface area contributed by atoms with Gasteiger partial charge in [0.05, 0.1) is 18.5 Å². The normalized spacial score (nSPS) is 43.8. The van der Waals surface area contributed by atoms with E-state index in [1.165, 1.54) is 0 Å². The molecule has 3 nitrogen and oxygen atoms in total. The summed E-state index contributed by atoms with van der Waals surface area (Å²) in [7, 11) is 0. The van der Waals surface area contributed by atoms with Crippen molar-refractivity contribution in [3.05, 3.63) is 0 Å². The minimum absolute atomic E-state index is 0.243. The van der Waals surface area contributed by atoms with E-state index in [-0.39, 0.29) is 12.3 Å². The van der Waals surface area contributed by atoms with Gasteiger partial charge in [0, 0.05) is 0 Å². The Morgan fingerprint density at radius 1 is 1.10 bits per heavy atom. The average Bonchev–Trinajstić information content (AvgIpc) is 1.82. The molecule has 1 fully saturated rings. The van der Waals surface area contributed by atoms with Crippen LogP contribution >= 0.6 is 11.8 Å². The molecule has 0 bridgehead atoms. The Morgan fingerprint density at radius 2 is 1.50 bits per heavy atom. The van der Waals surface area contributed by atoms with Crippen LogP contribution in [0.25, 0.3) is 0 Å². The quantitative estimate of drug-likeness (QED) is 0.515. The zero-order chi connectivity index (χ0) is 7.72. The van der Waals surface area contributed by atoms with Crippen molar-refractivity contribution in [1.82, 2.24) is 15.1 Å².